The quantitative estimate of drug-likeness (QED) is 0.608. The number of nitrogens with zero attached hydrogens (tertiary/aromatic N) is 5. The van der Waals surface area contributed by atoms with Crippen molar-refractivity contribution in [2.24, 2.45) is 5.41 Å². The van der Waals surface area contributed by atoms with Crippen LogP contribution in [0, 0.1) is 22.6 Å². The van der Waals surface area contributed by atoms with Gasteiger partial charge in [-0.05, 0) is 55.2 Å². The number of aromatic nitrogens is 3. The molecule has 174 valence electrons. The zero-order valence-corrected chi connectivity index (χ0v) is 19.0. The van der Waals surface area contributed by atoms with E-state index in [9.17, 15) is 14.4 Å². The summed E-state index contributed by atoms with van der Waals surface area (Å²) in [5.74, 6) is 0.584. The molecule has 0 spiro atoms. The van der Waals surface area contributed by atoms with Gasteiger partial charge in [-0.25, -0.2) is 9.49 Å². The zero-order valence-electron chi connectivity index (χ0n) is 18.2. The number of amides is 1. The van der Waals surface area contributed by atoms with Gasteiger partial charge in [0.05, 0.1) is 23.7 Å². The molecule has 5 rings (SSSR count). The molecular weight excluding hydrogens is 459 g/mol. The fourth-order valence-corrected chi connectivity index (χ4v) is 4.76. The van der Waals surface area contributed by atoms with Gasteiger partial charge in [-0.2, -0.15) is 15.3 Å². The van der Waals surface area contributed by atoms with Crippen molar-refractivity contribution in [3.05, 3.63) is 65.2 Å². The number of anilines is 2. The zero-order chi connectivity index (χ0) is 23.7. The second-order valence-electron chi connectivity index (χ2n) is 8.66. The Hall–Kier alpha value is -3.64. The summed E-state index contributed by atoms with van der Waals surface area (Å²) in [5.41, 5.74) is 1.03. The third-order valence-corrected chi connectivity index (χ3v) is 6.72. The summed E-state index contributed by atoms with van der Waals surface area (Å²) in [6.45, 7) is 1.14. The molecule has 0 radical (unpaired) electrons. The van der Waals surface area contributed by atoms with E-state index in [4.69, 9.17) is 16.3 Å². The van der Waals surface area contributed by atoms with Crippen molar-refractivity contribution < 1.29 is 13.9 Å². The van der Waals surface area contributed by atoms with Crippen LogP contribution < -0.4 is 9.64 Å². The van der Waals surface area contributed by atoms with Crippen LogP contribution in [0.1, 0.15) is 18.4 Å². The molecule has 1 aromatic heterocycles. The van der Waals surface area contributed by atoms with Crippen LogP contribution in [-0.2, 0) is 11.2 Å². The first-order valence-electron chi connectivity index (χ1n) is 11.0. The van der Waals surface area contributed by atoms with Crippen LogP contribution in [-0.4, -0.2) is 51.7 Å². The maximum absolute atomic E-state index is 13.4. The molecule has 0 saturated carbocycles. The molecule has 1 N–H and O–H groups in total. The van der Waals surface area contributed by atoms with Crippen LogP contribution in [0.25, 0.3) is 0 Å². The standard InChI is InChI=1S/C24H22ClFN6O2/c25-17-3-6-20-19(11-17)32(23-28-15-29-30-23)13-21(34-20)22(33)31-9-7-24(14-27,8-10-31)12-16-1-4-18(26)5-2-16/h1-6,11,15,21H,7-10,12-13H2,(H,28,29,30). The molecular formula is C24H22ClFN6O2. The molecule has 1 saturated heterocycles. The molecule has 8 nitrogen and oxygen atoms in total. The number of H-pyrrole nitrogens is 1. The summed E-state index contributed by atoms with van der Waals surface area (Å²) < 4.78 is 19.3. The van der Waals surface area contributed by atoms with E-state index in [2.05, 4.69) is 21.3 Å². The van der Waals surface area contributed by atoms with Crippen LogP contribution in [0.2, 0.25) is 5.02 Å². The number of halogens is 2. The summed E-state index contributed by atoms with van der Waals surface area (Å²) in [7, 11) is 0. The molecule has 1 atom stereocenters. The molecule has 2 aliphatic heterocycles. The highest BCUT2D eigenvalue weighted by Gasteiger charge is 2.40. The lowest BCUT2D eigenvalue weighted by molar-refractivity contribution is -0.140. The summed E-state index contributed by atoms with van der Waals surface area (Å²) in [4.78, 5) is 21.2. The molecule has 1 unspecified atom stereocenters. The molecule has 0 aliphatic carbocycles. The van der Waals surface area contributed by atoms with E-state index in [1.807, 2.05) is 4.90 Å². The fraction of sp³-hybridized carbons (Fsp3) is 0.333. The second kappa shape index (κ2) is 8.95. The number of piperidine rings is 1. The Morgan fingerprint density at radius 3 is 2.71 bits per heavy atom. The highest BCUT2D eigenvalue weighted by Crippen LogP contribution is 2.40. The largest absolute Gasteiger partial charge is 0.476 e. The monoisotopic (exact) mass is 480 g/mol. The number of hydrogen-bond donors (Lipinski definition) is 1. The van der Waals surface area contributed by atoms with Crippen molar-refractivity contribution in [3.8, 4) is 11.8 Å². The maximum atomic E-state index is 13.4. The highest BCUT2D eigenvalue weighted by molar-refractivity contribution is 6.31. The summed E-state index contributed by atoms with van der Waals surface area (Å²) in [5, 5.41) is 17.2. The lowest BCUT2D eigenvalue weighted by Gasteiger charge is -2.40. The number of aromatic amines is 1. The number of rotatable bonds is 4. The third-order valence-electron chi connectivity index (χ3n) is 6.49. The number of carbonyl (C=O) groups excluding carboxylic acids is 1. The molecule has 34 heavy (non-hydrogen) atoms. The molecule has 2 aliphatic rings. The smallest absolute Gasteiger partial charge is 0.265 e. The van der Waals surface area contributed by atoms with Crippen molar-refractivity contribution in [2.45, 2.75) is 25.4 Å². The van der Waals surface area contributed by atoms with Gasteiger partial charge in [0, 0.05) is 18.1 Å². The van der Waals surface area contributed by atoms with Crippen molar-refractivity contribution >= 4 is 29.1 Å². The van der Waals surface area contributed by atoms with E-state index in [-0.39, 0.29) is 18.3 Å². The summed E-state index contributed by atoms with van der Waals surface area (Å²) in [6, 6.07) is 13.9. The van der Waals surface area contributed by atoms with Gasteiger partial charge in [-0.1, -0.05) is 23.7 Å². The Labute approximate surface area is 200 Å². The SMILES string of the molecule is N#CC1(Cc2ccc(F)cc2)CCN(C(=O)C2CN(c3ncn[nH]3)c3cc(Cl)ccc3O2)CC1. The Morgan fingerprint density at radius 1 is 1.26 bits per heavy atom. The average Bonchev–Trinajstić information content (AvgIpc) is 3.40. The number of ether oxygens (including phenoxy) is 1. The molecule has 3 aromatic rings. The lowest BCUT2D eigenvalue weighted by atomic mass is 9.75. The van der Waals surface area contributed by atoms with Gasteiger partial charge in [-0.3, -0.25) is 4.79 Å². The number of fused-ring (bicyclic) bond motifs is 1. The molecule has 3 heterocycles. The molecule has 10 heteroatoms. The number of hydrogen-bond acceptors (Lipinski definition) is 6. The lowest BCUT2D eigenvalue weighted by Crippen LogP contribution is -2.52. The highest BCUT2D eigenvalue weighted by atomic mass is 35.5. The van der Waals surface area contributed by atoms with Gasteiger partial charge in [0.15, 0.2) is 6.10 Å². The Morgan fingerprint density at radius 2 is 2.03 bits per heavy atom. The fourth-order valence-electron chi connectivity index (χ4n) is 4.59. The minimum atomic E-state index is -0.745. The van der Waals surface area contributed by atoms with Gasteiger partial charge in [0.1, 0.15) is 17.9 Å². The molecule has 1 amide bonds. The number of benzene rings is 2. The van der Waals surface area contributed by atoms with Crippen molar-refractivity contribution in [2.75, 3.05) is 24.5 Å². The topological polar surface area (TPSA) is 98.1 Å². The molecule has 1 fully saturated rings. The van der Waals surface area contributed by atoms with Crippen LogP contribution in [0.5, 0.6) is 5.75 Å². The molecule has 0 bridgehead atoms. The van der Waals surface area contributed by atoms with Crippen LogP contribution in [0.4, 0.5) is 16.0 Å². The van der Waals surface area contributed by atoms with Crippen molar-refractivity contribution in [1.82, 2.24) is 20.1 Å². The van der Waals surface area contributed by atoms with E-state index >= 15 is 0 Å². The van der Waals surface area contributed by atoms with E-state index in [1.165, 1.54) is 18.5 Å². The van der Waals surface area contributed by atoms with E-state index < -0.39 is 11.5 Å². The van der Waals surface area contributed by atoms with E-state index in [0.29, 0.717) is 54.8 Å². The number of nitriles is 1. The van der Waals surface area contributed by atoms with Gasteiger partial charge in [0.25, 0.3) is 5.91 Å². The predicted molar refractivity (Wildman–Crippen MR) is 123 cm³/mol. The van der Waals surface area contributed by atoms with Gasteiger partial charge >= 0.3 is 0 Å². The second-order valence-corrected chi connectivity index (χ2v) is 9.10. The van der Waals surface area contributed by atoms with Crippen LogP contribution in [0.15, 0.2) is 48.8 Å². The number of carbonyl (C=O) groups is 1. The number of nitrogens with one attached hydrogen (secondary N) is 1. The third kappa shape index (κ3) is 4.29. The summed E-state index contributed by atoms with van der Waals surface area (Å²) >= 11 is 6.18. The van der Waals surface area contributed by atoms with E-state index in [0.717, 1.165) is 5.56 Å². The van der Waals surface area contributed by atoms with Gasteiger partial charge in [0.2, 0.25) is 5.95 Å². The Balaban J connectivity index is 1.30. The first-order valence-corrected chi connectivity index (χ1v) is 11.4. The van der Waals surface area contributed by atoms with Gasteiger partial charge < -0.3 is 14.5 Å². The Bertz CT molecular complexity index is 1220. The predicted octanol–water partition coefficient (Wildman–Crippen LogP) is 3.87. The first-order chi connectivity index (χ1) is 16.5. The van der Waals surface area contributed by atoms with E-state index in [1.54, 1.807) is 35.2 Å². The van der Waals surface area contributed by atoms with Crippen LogP contribution >= 0.6 is 11.6 Å². The molecule has 2 aromatic carbocycles. The van der Waals surface area contributed by atoms with Crippen LogP contribution in [0.3, 0.4) is 0 Å². The van der Waals surface area contributed by atoms with Gasteiger partial charge in [-0.15, -0.1) is 0 Å². The Kier molecular flexibility index (Phi) is 5.84. The maximum Gasteiger partial charge on any atom is 0.265 e. The van der Waals surface area contributed by atoms with Crippen molar-refractivity contribution in [1.29, 1.82) is 5.26 Å². The number of likely N-dealkylation sites (tertiary alicyclic amines) is 1. The minimum Gasteiger partial charge on any atom is -0.476 e. The minimum absolute atomic E-state index is 0.140. The average molecular weight is 481 g/mol. The van der Waals surface area contributed by atoms with Crippen molar-refractivity contribution in [3.63, 3.8) is 0 Å². The first kappa shape index (κ1) is 22.2. The summed E-state index contributed by atoms with van der Waals surface area (Å²) in [6.07, 6.45) is 2.26. The normalized spacial score (nSPS) is 19.1.